The van der Waals surface area contributed by atoms with Crippen molar-refractivity contribution < 1.29 is 17.1 Å². The summed E-state index contributed by atoms with van der Waals surface area (Å²) in [4.78, 5) is 0. The molecule has 1 rings (SSSR count). The Hall–Kier alpha value is 0.210. The molecule has 1 heterocycles. The molecule has 0 amide bonds. The molecule has 2 nitrogen and oxygen atoms in total. The Morgan fingerprint density at radius 3 is 2.77 bits per heavy atom. The molecule has 1 aliphatic rings. The molecule has 3 heteroatoms. The predicted molar refractivity (Wildman–Crippen MR) is 51.3 cm³/mol. The van der Waals surface area contributed by atoms with Crippen molar-refractivity contribution >= 4 is 0 Å². The summed E-state index contributed by atoms with van der Waals surface area (Å²) in [7, 11) is 0. The van der Waals surface area contributed by atoms with Gasteiger partial charge in [-0.25, -0.2) is 0 Å². The fourth-order valence-corrected chi connectivity index (χ4v) is 1.54. The molecule has 0 aromatic carbocycles. The molecule has 0 radical (unpaired) electrons. The van der Waals surface area contributed by atoms with Crippen molar-refractivity contribution in [3.63, 3.8) is 0 Å². The van der Waals surface area contributed by atoms with Crippen LogP contribution < -0.4 is 17.7 Å². The maximum Gasteiger partial charge on any atom is 0.0506 e. The highest BCUT2D eigenvalue weighted by molar-refractivity contribution is 4.68. The largest absolute Gasteiger partial charge is 1.00 e. The third-order valence-corrected chi connectivity index (χ3v) is 2.20. The van der Waals surface area contributed by atoms with E-state index in [0.29, 0.717) is 5.92 Å². The molecule has 0 aliphatic carbocycles. The molecule has 1 fully saturated rings. The molecule has 1 saturated heterocycles. The molecule has 0 aromatic rings. The highest BCUT2D eigenvalue weighted by Gasteiger charge is 2.12. The van der Waals surface area contributed by atoms with E-state index in [4.69, 9.17) is 4.74 Å². The summed E-state index contributed by atoms with van der Waals surface area (Å²) >= 11 is 0. The van der Waals surface area contributed by atoms with E-state index in [0.717, 1.165) is 25.7 Å². The van der Waals surface area contributed by atoms with Gasteiger partial charge < -0.3 is 22.5 Å². The van der Waals surface area contributed by atoms with Gasteiger partial charge in [0.05, 0.1) is 6.61 Å². The lowest BCUT2D eigenvalue weighted by atomic mass is 10.0. The molecule has 0 saturated carbocycles. The van der Waals surface area contributed by atoms with Crippen molar-refractivity contribution in [3.05, 3.63) is 0 Å². The summed E-state index contributed by atoms with van der Waals surface area (Å²) < 4.78 is 5.59. The normalized spacial score (nSPS) is 22.8. The van der Waals surface area contributed by atoms with Gasteiger partial charge in [0.2, 0.25) is 0 Å². The summed E-state index contributed by atoms with van der Waals surface area (Å²) in [5, 5.41) is 3.39. The molecule has 0 spiro atoms. The van der Waals surface area contributed by atoms with Crippen LogP contribution in [-0.4, -0.2) is 26.3 Å². The van der Waals surface area contributed by atoms with Crippen LogP contribution in [-0.2, 0) is 4.74 Å². The topological polar surface area (TPSA) is 21.3 Å². The van der Waals surface area contributed by atoms with E-state index >= 15 is 0 Å². The first-order chi connectivity index (χ1) is 5.79. The Kier molecular flexibility index (Phi) is 7.72. The molecule has 1 N–H and O–H groups in total. The number of halogens is 1. The number of piperidine rings is 1. The Balaban J connectivity index is 0.00000144. The molecule has 13 heavy (non-hydrogen) atoms. The van der Waals surface area contributed by atoms with Crippen LogP contribution in [0.15, 0.2) is 0 Å². The van der Waals surface area contributed by atoms with Crippen LogP contribution in [0.3, 0.4) is 0 Å². The van der Waals surface area contributed by atoms with E-state index in [9.17, 15) is 0 Å². The number of ether oxygens (including phenoxy) is 1. The van der Waals surface area contributed by atoms with Crippen LogP contribution in [0.2, 0.25) is 0 Å². The minimum absolute atomic E-state index is 0. The highest BCUT2D eigenvalue weighted by atomic mass is 35.5. The SMILES string of the molecule is CC(C)COCC1CCCNC1.[Cl-]. The van der Waals surface area contributed by atoms with Crippen molar-refractivity contribution in [1.82, 2.24) is 5.32 Å². The highest BCUT2D eigenvalue weighted by Crippen LogP contribution is 2.10. The van der Waals surface area contributed by atoms with Gasteiger partial charge in [0.15, 0.2) is 0 Å². The van der Waals surface area contributed by atoms with Gasteiger partial charge in [0.25, 0.3) is 0 Å². The lowest BCUT2D eigenvalue weighted by molar-refractivity contribution is -0.00000321. The van der Waals surface area contributed by atoms with Crippen molar-refractivity contribution in [2.24, 2.45) is 11.8 Å². The van der Waals surface area contributed by atoms with E-state index in [-0.39, 0.29) is 12.4 Å². The fourth-order valence-electron chi connectivity index (χ4n) is 1.54. The average Bonchev–Trinajstić information content (AvgIpc) is 2.05. The molecular formula is C10H21ClNO-. The van der Waals surface area contributed by atoms with Crippen LogP contribution >= 0.6 is 0 Å². The number of rotatable bonds is 4. The number of nitrogens with one attached hydrogen (secondary N) is 1. The summed E-state index contributed by atoms with van der Waals surface area (Å²) in [5.74, 6) is 1.43. The van der Waals surface area contributed by atoms with E-state index in [2.05, 4.69) is 19.2 Å². The molecular weight excluding hydrogens is 186 g/mol. The van der Waals surface area contributed by atoms with Gasteiger partial charge in [-0.05, 0) is 31.2 Å². The Bertz CT molecular complexity index is 113. The van der Waals surface area contributed by atoms with Crippen LogP contribution in [0.5, 0.6) is 0 Å². The molecule has 0 aromatic heterocycles. The quantitative estimate of drug-likeness (QED) is 0.615. The van der Waals surface area contributed by atoms with E-state index < -0.39 is 0 Å². The van der Waals surface area contributed by atoms with E-state index in [1.807, 2.05) is 0 Å². The van der Waals surface area contributed by atoms with Gasteiger partial charge in [-0.1, -0.05) is 13.8 Å². The van der Waals surface area contributed by atoms with Gasteiger partial charge >= 0.3 is 0 Å². The lowest BCUT2D eigenvalue weighted by Crippen LogP contribution is -3.00. The van der Waals surface area contributed by atoms with Crippen LogP contribution in [0.25, 0.3) is 0 Å². The van der Waals surface area contributed by atoms with Gasteiger partial charge in [-0.15, -0.1) is 0 Å². The van der Waals surface area contributed by atoms with Crippen molar-refractivity contribution in [2.75, 3.05) is 26.3 Å². The predicted octanol–water partition coefficient (Wildman–Crippen LogP) is -1.34. The first-order valence-corrected chi connectivity index (χ1v) is 5.07. The van der Waals surface area contributed by atoms with Gasteiger partial charge in [0, 0.05) is 13.2 Å². The van der Waals surface area contributed by atoms with Gasteiger partial charge in [0.1, 0.15) is 0 Å². The summed E-state index contributed by atoms with van der Waals surface area (Å²) in [6.07, 6.45) is 2.65. The number of hydrogen-bond donors (Lipinski definition) is 1. The van der Waals surface area contributed by atoms with Crippen molar-refractivity contribution in [3.8, 4) is 0 Å². The van der Waals surface area contributed by atoms with Crippen LogP contribution in [0, 0.1) is 11.8 Å². The van der Waals surface area contributed by atoms with E-state index in [1.54, 1.807) is 0 Å². The molecule has 1 unspecified atom stereocenters. The summed E-state index contributed by atoms with van der Waals surface area (Å²) in [6, 6.07) is 0. The zero-order valence-corrected chi connectivity index (χ0v) is 9.44. The second kappa shape index (κ2) is 7.60. The summed E-state index contributed by atoms with van der Waals surface area (Å²) in [5.41, 5.74) is 0. The number of hydrogen-bond acceptors (Lipinski definition) is 2. The second-order valence-electron chi connectivity index (χ2n) is 4.14. The maximum absolute atomic E-state index is 5.59. The maximum atomic E-state index is 5.59. The third-order valence-electron chi connectivity index (χ3n) is 2.20. The van der Waals surface area contributed by atoms with Gasteiger partial charge in [-0.3, -0.25) is 0 Å². The molecule has 80 valence electrons. The first kappa shape index (κ1) is 13.2. The molecule has 0 bridgehead atoms. The monoisotopic (exact) mass is 206 g/mol. The van der Waals surface area contributed by atoms with Gasteiger partial charge in [-0.2, -0.15) is 0 Å². The van der Waals surface area contributed by atoms with Crippen LogP contribution in [0.1, 0.15) is 26.7 Å². The van der Waals surface area contributed by atoms with E-state index in [1.165, 1.54) is 19.4 Å². The zero-order valence-electron chi connectivity index (χ0n) is 8.68. The van der Waals surface area contributed by atoms with Crippen LogP contribution in [0.4, 0.5) is 0 Å². The van der Waals surface area contributed by atoms with Crippen molar-refractivity contribution in [2.45, 2.75) is 26.7 Å². The lowest BCUT2D eigenvalue weighted by Gasteiger charge is -2.22. The second-order valence-corrected chi connectivity index (χ2v) is 4.14. The summed E-state index contributed by atoms with van der Waals surface area (Å²) in [6.45, 7) is 8.60. The Morgan fingerprint density at radius 1 is 1.46 bits per heavy atom. The zero-order chi connectivity index (χ0) is 8.81. The minimum Gasteiger partial charge on any atom is -1.00 e. The first-order valence-electron chi connectivity index (χ1n) is 5.07. The molecule has 1 aliphatic heterocycles. The van der Waals surface area contributed by atoms with Crippen molar-refractivity contribution in [1.29, 1.82) is 0 Å². The Labute approximate surface area is 87.8 Å². The standard InChI is InChI=1S/C10H21NO.ClH/c1-9(2)7-12-8-10-4-3-5-11-6-10;/h9-11H,3-8H2,1-2H3;1H/p-1. The molecule has 1 atom stereocenters. The third kappa shape index (κ3) is 6.30. The smallest absolute Gasteiger partial charge is 0.0506 e. The Morgan fingerprint density at radius 2 is 2.23 bits per heavy atom. The average molecular weight is 207 g/mol. The minimum atomic E-state index is 0. The fraction of sp³-hybridized carbons (Fsp3) is 1.00.